The summed E-state index contributed by atoms with van der Waals surface area (Å²) in [5.41, 5.74) is 10.6. The summed E-state index contributed by atoms with van der Waals surface area (Å²) < 4.78 is 0. The lowest BCUT2D eigenvalue weighted by atomic mass is 9.97. The summed E-state index contributed by atoms with van der Waals surface area (Å²) in [6.45, 7) is 3.45. The van der Waals surface area contributed by atoms with Gasteiger partial charge >= 0.3 is 11.9 Å². The third kappa shape index (κ3) is 11.5. The molecule has 14 heteroatoms. The molecule has 0 aromatic carbocycles. The van der Waals surface area contributed by atoms with Crippen LogP contribution in [-0.4, -0.2) is 82.0 Å². The zero-order valence-electron chi connectivity index (χ0n) is 18.8. The lowest BCUT2D eigenvalue weighted by Crippen LogP contribution is -2.59. The van der Waals surface area contributed by atoms with Gasteiger partial charge in [-0.15, -0.1) is 0 Å². The van der Waals surface area contributed by atoms with E-state index in [1.54, 1.807) is 20.1 Å². The Morgan fingerprint density at radius 1 is 0.909 bits per heavy atom. The lowest BCUT2D eigenvalue weighted by Gasteiger charge is -2.27. The summed E-state index contributed by atoms with van der Waals surface area (Å²) in [6.07, 6.45) is 1.12. The molecule has 0 bridgehead atoms. The first-order valence-electron chi connectivity index (χ1n) is 10.2. The number of carbonyl (C=O) groups excluding carboxylic acids is 4. The van der Waals surface area contributed by atoms with Crippen LogP contribution in [0.3, 0.4) is 0 Å². The van der Waals surface area contributed by atoms with Crippen LogP contribution >= 0.6 is 11.8 Å². The van der Waals surface area contributed by atoms with E-state index < -0.39 is 78.5 Å². The van der Waals surface area contributed by atoms with Crippen molar-refractivity contribution < 1.29 is 39.0 Å². The summed E-state index contributed by atoms with van der Waals surface area (Å²) in [7, 11) is 0. The topological polar surface area (TPSA) is 231 Å². The molecule has 13 nitrogen and oxygen atoms in total. The van der Waals surface area contributed by atoms with Crippen LogP contribution in [-0.2, 0) is 28.8 Å². The number of thioether (sulfide) groups is 1. The molecule has 0 saturated heterocycles. The fraction of sp³-hybridized carbons (Fsp3) is 0.684. The van der Waals surface area contributed by atoms with Crippen molar-refractivity contribution in [3.63, 3.8) is 0 Å². The fourth-order valence-electron chi connectivity index (χ4n) is 2.68. The van der Waals surface area contributed by atoms with E-state index in [9.17, 15) is 33.9 Å². The van der Waals surface area contributed by atoms with Gasteiger partial charge in [-0.25, -0.2) is 4.79 Å². The van der Waals surface area contributed by atoms with E-state index in [-0.39, 0.29) is 6.42 Å². The zero-order chi connectivity index (χ0) is 25.7. The zero-order valence-corrected chi connectivity index (χ0v) is 19.6. The minimum Gasteiger partial charge on any atom is -0.481 e. The van der Waals surface area contributed by atoms with E-state index in [1.165, 1.54) is 11.8 Å². The van der Waals surface area contributed by atoms with Gasteiger partial charge in [0.05, 0.1) is 18.9 Å². The Hall–Kier alpha value is -2.87. The molecular formula is C19H33N5O8S. The van der Waals surface area contributed by atoms with Gasteiger partial charge in [0.1, 0.15) is 18.1 Å². The number of carbonyl (C=O) groups is 6. The average Bonchev–Trinajstić information content (AvgIpc) is 2.72. The van der Waals surface area contributed by atoms with E-state index in [0.717, 1.165) is 0 Å². The van der Waals surface area contributed by atoms with Gasteiger partial charge in [0.2, 0.25) is 23.6 Å². The highest BCUT2D eigenvalue weighted by molar-refractivity contribution is 7.98. The number of hydrogen-bond acceptors (Lipinski definition) is 8. The number of nitrogens with two attached hydrogens (primary N) is 2. The highest BCUT2D eigenvalue weighted by Gasteiger charge is 2.32. The van der Waals surface area contributed by atoms with Crippen molar-refractivity contribution in [1.82, 2.24) is 16.0 Å². The Morgan fingerprint density at radius 3 is 1.94 bits per heavy atom. The van der Waals surface area contributed by atoms with Crippen molar-refractivity contribution in [3.05, 3.63) is 0 Å². The molecule has 0 fully saturated rings. The Bertz CT molecular complexity index is 735. The number of aliphatic carboxylic acids is 2. The molecule has 0 aliphatic rings. The Balaban J connectivity index is 5.54. The Kier molecular flexibility index (Phi) is 13.7. The van der Waals surface area contributed by atoms with E-state index >= 15 is 0 Å². The maximum atomic E-state index is 12.9. The van der Waals surface area contributed by atoms with Crippen LogP contribution in [0.15, 0.2) is 0 Å². The van der Waals surface area contributed by atoms with Crippen LogP contribution in [0.25, 0.3) is 0 Å². The maximum Gasteiger partial charge on any atom is 0.326 e. The van der Waals surface area contributed by atoms with Gasteiger partial charge in [-0.3, -0.25) is 24.0 Å². The third-order valence-electron chi connectivity index (χ3n) is 4.79. The van der Waals surface area contributed by atoms with Gasteiger partial charge < -0.3 is 37.6 Å². The van der Waals surface area contributed by atoms with Gasteiger partial charge in [0.25, 0.3) is 0 Å². The molecule has 0 aliphatic carbocycles. The number of amides is 4. The van der Waals surface area contributed by atoms with Gasteiger partial charge in [-0.05, 0) is 24.3 Å². The molecule has 5 atom stereocenters. The van der Waals surface area contributed by atoms with Crippen molar-refractivity contribution in [2.75, 3.05) is 12.0 Å². The van der Waals surface area contributed by atoms with Crippen molar-refractivity contribution in [1.29, 1.82) is 0 Å². The molecule has 0 aromatic rings. The number of carboxylic acid groups (broad SMARTS) is 2. The molecule has 0 aromatic heterocycles. The van der Waals surface area contributed by atoms with E-state index in [4.69, 9.17) is 16.6 Å². The monoisotopic (exact) mass is 491 g/mol. The van der Waals surface area contributed by atoms with Crippen molar-refractivity contribution in [3.8, 4) is 0 Å². The molecular weight excluding hydrogens is 458 g/mol. The van der Waals surface area contributed by atoms with Crippen LogP contribution < -0.4 is 27.4 Å². The maximum absolute atomic E-state index is 12.9. The van der Waals surface area contributed by atoms with E-state index in [2.05, 4.69) is 16.0 Å². The molecule has 5 unspecified atom stereocenters. The standard InChI is InChI=1S/C19H33N5O8S/c1-4-9(2)15(24-16(28)10(20)7-14(26)27)18(30)22-11(5-6-33-3)17(29)23-12(19(31)32)8-13(21)25/h9-12,15H,4-8,20H2,1-3H3,(H2,21,25)(H,22,30)(H,23,29)(H,24,28)(H,26,27)(H,31,32). The average molecular weight is 492 g/mol. The number of carboxylic acids is 2. The number of hydrogen-bond donors (Lipinski definition) is 7. The van der Waals surface area contributed by atoms with Crippen molar-refractivity contribution >= 4 is 47.3 Å². The fourth-order valence-corrected chi connectivity index (χ4v) is 3.15. The molecule has 0 radical (unpaired) electrons. The van der Waals surface area contributed by atoms with Crippen LogP contribution in [0.4, 0.5) is 0 Å². The van der Waals surface area contributed by atoms with Crippen LogP contribution in [0.1, 0.15) is 39.5 Å². The summed E-state index contributed by atoms with van der Waals surface area (Å²) in [5, 5.41) is 25.1. The molecule has 0 saturated carbocycles. The lowest BCUT2D eigenvalue weighted by molar-refractivity contribution is -0.143. The molecule has 0 spiro atoms. The van der Waals surface area contributed by atoms with Crippen LogP contribution in [0, 0.1) is 5.92 Å². The summed E-state index contributed by atoms with van der Waals surface area (Å²) in [5.74, 6) is -6.01. The number of primary amides is 1. The highest BCUT2D eigenvalue weighted by Crippen LogP contribution is 2.10. The highest BCUT2D eigenvalue weighted by atomic mass is 32.2. The van der Waals surface area contributed by atoms with Gasteiger partial charge in [0, 0.05) is 0 Å². The minimum absolute atomic E-state index is 0.140. The number of nitrogens with one attached hydrogen (secondary N) is 3. The SMILES string of the molecule is CCC(C)C(NC(=O)C(N)CC(=O)O)C(=O)NC(CCSC)C(=O)NC(CC(N)=O)C(=O)O. The summed E-state index contributed by atoms with van der Waals surface area (Å²) in [6, 6.07) is -5.21. The largest absolute Gasteiger partial charge is 0.481 e. The molecule has 33 heavy (non-hydrogen) atoms. The summed E-state index contributed by atoms with van der Waals surface area (Å²) in [4.78, 5) is 71.1. The predicted octanol–water partition coefficient (Wildman–Crippen LogP) is -2.00. The first-order valence-corrected chi connectivity index (χ1v) is 11.6. The van der Waals surface area contributed by atoms with Gasteiger partial charge in [0.15, 0.2) is 0 Å². The second-order valence-electron chi connectivity index (χ2n) is 7.49. The predicted molar refractivity (Wildman–Crippen MR) is 120 cm³/mol. The van der Waals surface area contributed by atoms with Crippen molar-refractivity contribution in [2.45, 2.75) is 63.7 Å². The van der Waals surface area contributed by atoms with E-state index in [0.29, 0.717) is 12.2 Å². The Morgan fingerprint density at radius 2 is 1.48 bits per heavy atom. The molecule has 0 rings (SSSR count). The first-order chi connectivity index (χ1) is 15.3. The second kappa shape index (κ2) is 15.1. The van der Waals surface area contributed by atoms with E-state index in [1.807, 2.05) is 0 Å². The molecule has 0 aliphatic heterocycles. The second-order valence-corrected chi connectivity index (χ2v) is 8.47. The molecule has 0 heterocycles. The molecule has 188 valence electrons. The van der Waals surface area contributed by atoms with Crippen LogP contribution in [0.5, 0.6) is 0 Å². The summed E-state index contributed by atoms with van der Waals surface area (Å²) >= 11 is 1.39. The first kappa shape index (κ1) is 30.1. The van der Waals surface area contributed by atoms with Gasteiger partial charge in [-0.2, -0.15) is 11.8 Å². The Labute approximate surface area is 195 Å². The number of rotatable bonds is 16. The van der Waals surface area contributed by atoms with Gasteiger partial charge in [-0.1, -0.05) is 20.3 Å². The van der Waals surface area contributed by atoms with Crippen LogP contribution in [0.2, 0.25) is 0 Å². The normalized spacial score (nSPS) is 15.3. The molecule has 4 amide bonds. The molecule has 9 N–H and O–H groups in total. The minimum atomic E-state index is -1.57. The smallest absolute Gasteiger partial charge is 0.326 e. The third-order valence-corrected chi connectivity index (χ3v) is 5.43. The quantitative estimate of drug-likeness (QED) is 0.125. The van der Waals surface area contributed by atoms with Crippen molar-refractivity contribution in [2.24, 2.45) is 17.4 Å².